The fourth-order valence-corrected chi connectivity index (χ4v) is 1.74. The molecule has 0 radical (unpaired) electrons. The summed E-state index contributed by atoms with van der Waals surface area (Å²) in [6.45, 7) is 8.69. The van der Waals surface area contributed by atoms with Gasteiger partial charge in [-0.3, -0.25) is 9.88 Å². The van der Waals surface area contributed by atoms with Crippen LogP contribution in [-0.2, 0) is 6.54 Å². The molecule has 3 nitrogen and oxygen atoms in total. The van der Waals surface area contributed by atoms with Gasteiger partial charge in [0.15, 0.2) is 0 Å². The van der Waals surface area contributed by atoms with E-state index in [2.05, 4.69) is 49.1 Å². The summed E-state index contributed by atoms with van der Waals surface area (Å²) in [5.41, 5.74) is 1.28. The SMILES string of the molecule is CC(C)NCCC(C)N(C)Cc1cccnc1. The van der Waals surface area contributed by atoms with Crippen LogP contribution in [0.25, 0.3) is 0 Å². The zero-order valence-corrected chi connectivity index (χ0v) is 11.5. The van der Waals surface area contributed by atoms with E-state index in [1.54, 1.807) is 0 Å². The molecule has 0 aromatic carbocycles. The molecule has 0 saturated heterocycles. The Bertz CT molecular complexity index is 298. The lowest BCUT2D eigenvalue weighted by Gasteiger charge is -2.25. The number of nitrogens with zero attached hydrogens (tertiary/aromatic N) is 2. The summed E-state index contributed by atoms with van der Waals surface area (Å²) in [7, 11) is 2.17. The molecule has 0 spiro atoms. The number of pyridine rings is 1. The van der Waals surface area contributed by atoms with Crippen LogP contribution in [0.1, 0.15) is 32.8 Å². The van der Waals surface area contributed by atoms with Crippen LogP contribution in [0.15, 0.2) is 24.5 Å². The summed E-state index contributed by atoms with van der Waals surface area (Å²) < 4.78 is 0. The van der Waals surface area contributed by atoms with Crippen molar-refractivity contribution < 1.29 is 0 Å². The molecule has 0 bridgehead atoms. The Balaban J connectivity index is 2.29. The van der Waals surface area contributed by atoms with Crippen LogP contribution >= 0.6 is 0 Å². The van der Waals surface area contributed by atoms with Crippen LogP contribution in [0.3, 0.4) is 0 Å². The van der Waals surface area contributed by atoms with Gasteiger partial charge in [0.25, 0.3) is 0 Å². The summed E-state index contributed by atoms with van der Waals surface area (Å²) in [6.07, 6.45) is 4.93. The van der Waals surface area contributed by atoms with E-state index in [1.807, 2.05) is 18.5 Å². The molecule has 0 fully saturated rings. The Kier molecular flexibility index (Phi) is 6.16. The van der Waals surface area contributed by atoms with E-state index in [4.69, 9.17) is 0 Å². The number of rotatable bonds is 7. The molecule has 1 heterocycles. The first kappa shape index (κ1) is 14.1. The molecule has 17 heavy (non-hydrogen) atoms. The molecule has 0 amide bonds. The highest BCUT2D eigenvalue weighted by atomic mass is 15.1. The normalized spacial score (nSPS) is 13.3. The number of hydrogen-bond acceptors (Lipinski definition) is 3. The average molecular weight is 235 g/mol. The largest absolute Gasteiger partial charge is 0.314 e. The van der Waals surface area contributed by atoms with Crippen LogP contribution in [0.4, 0.5) is 0 Å². The van der Waals surface area contributed by atoms with Gasteiger partial charge in [0, 0.05) is 31.0 Å². The van der Waals surface area contributed by atoms with Crippen LogP contribution < -0.4 is 5.32 Å². The molecule has 3 heteroatoms. The minimum Gasteiger partial charge on any atom is -0.314 e. The fraction of sp³-hybridized carbons (Fsp3) is 0.643. The van der Waals surface area contributed by atoms with Gasteiger partial charge in [-0.2, -0.15) is 0 Å². The maximum Gasteiger partial charge on any atom is 0.0312 e. The molecule has 0 saturated carbocycles. The average Bonchev–Trinajstić information content (AvgIpc) is 2.29. The fourth-order valence-electron chi connectivity index (χ4n) is 1.74. The van der Waals surface area contributed by atoms with Crippen molar-refractivity contribution in [1.29, 1.82) is 0 Å². The number of hydrogen-bond donors (Lipinski definition) is 1. The summed E-state index contributed by atoms with van der Waals surface area (Å²) in [5, 5.41) is 3.46. The summed E-state index contributed by atoms with van der Waals surface area (Å²) in [5.74, 6) is 0. The summed E-state index contributed by atoms with van der Waals surface area (Å²) in [6, 6.07) is 5.28. The molecule has 0 aliphatic carbocycles. The van der Waals surface area contributed by atoms with E-state index in [1.165, 1.54) is 12.0 Å². The van der Waals surface area contributed by atoms with E-state index in [0.29, 0.717) is 12.1 Å². The molecule has 1 aromatic heterocycles. The summed E-state index contributed by atoms with van der Waals surface area (Å²) >= 11 is 0. The van der Waals surface area contributed by atoms with Crippen LogP contribution in [0.2, 0.25) is 0 Å². The van der Waals surface area contributed by atoms with Crippen molar-refractivity contribution in [1.82, 2.24) is 15.2 Å². The zero-order valence-electron chi connectivity index (χ0n) is 11.5. The lowest BCUT2D eigenvalue weighted by atomic mass is 10.2. The van der Waals surface area contributed by atoms with Gasteiger partial charge in [-0.1, -0.05) is 19.9 Å². The van der Waals surface area contributed by atoms with Gasteiger partial charge in [-0.15, -0.1) is 0 Å². The molecular formula is C14H25N3. The smallest absolute Gasteiger partial charge is 0.0312 e. The van der Waals surface area contributed by atoms with E-state index in [0.717, 1.165) is 13.1 Å². The molecule has 1 unspecified atom stereocenters. The zero-order chi connectivity index (χ0) is 12.7. The molecule has 1 N–H and O–H groups in total. The van der Waals surface area contributed by atoms with Crippen LogP contribution in [0, 0.1) is 0 Å². The molecule has 1 atom stereocenters. The van der Waals surface area contributed by atoms with E-state index >= 15 is 0 Å². The first-order valence-electron chi connectivity index (χ1n) is 6.42. The van der Waals surface area contributed by atoms with Crippen molar-refractivity contribution in [3.63, 3.8) is 0 Å². The Morgan fingerprint density at radius 1 is 1.35 bits per heavy atom. The third kappa shape index (κ3) is 5.80. The molecule has 1 aromatic rings. The maximum atomic E-state index is 4.14. The van der Waals surface area contributed by atoms with Gasteiger partial charge in [-0.05, 0) is 38.6 Å². The first-order chi connectivity index (χ1) is 8.09. The van der Waals surface area contributed by atoms with Crippen molar-refractivity contribution in [2.75, 3.05) is 13.6 Å². The van der Waals surface area contributed by atoms with Gasteiger partial charge in [0.2, 0.25) is 0 Å². The van der Waals surface area contributed by atoms with E-state index in [-0.39, 0.29) is 0 Å². The van der Waals surface area contributed by atoms with Gasteiger partial charge in [0.05, 0.1) is 0 Å². The predicted octanol–water partition coefficient (Wildman–Crippen LogP) is 2.29. The standard InChI is InChI=1S/C14H25N3/c1-12(2)16-9-7-13(3)17(4)11-14-6-5-8-15-10-14/h5-6,8,10,12-13,16H,7,9,11H2,1-4H3. The summed E-state index contributed by atoms with van der Waals surface area (Å²) in [4.78, 5) is 6.52. The molecular weight excluding hydrogens is 210 g/mol. The number of aromatic nitrogens is 1. The minimum atomic E-state index is 0.575. The lowest BCUT2D eigenvalue weighted by molar-refractivity contribution is 0.235. The van der Waals surface area contributed by atoms with Crippen molar-refractivity contribution in [3.05, 3.63) is 30.1 Å². The van der Waals surface area contributed by atoms with Crippen molar-refractivity contribution in [2.24, 2.45) is 0 Å². The highest BCUT2D eigenvalue weighted by Gasteiger charge is 2.09. The van der Waals surface area contributed by atoms with Gasteiger partial charge < -0.3 is 5.32 Å². The Hall–Kier alpha value is -0.930. The second-order valence-corrected chi connectivity index (χ2v) is 5.02. The van der Waals surface area contributed by atoms with E-state index in [9.17, 15) is 0 Å². The predicted molar refractivity (Wildman–Crippen MR) is 72.9 cm³/mol. The Morgan fingerprint density at radius 3 is 2.71 bits per heavy atom. The third-order valence-corrected chi connectivity index (χ3v) is 3.02. The quantitative estimate of drug-likeness (QED) is 0.786. The second kappa shape index (κ2) is 7.41. The Labute approximate surface area is 105 Å². The highest BCUT2D eigenvalue weighted by Crippen LogP contribution is 2.06. The highest BCUT2D eigenvalue weighted by molar-refractivity contribution is 5.08. The molecule has 0 aliphatic heterocycles. The lowest BCUT2D eigenvalue weighted by Crippen LogP contribution is -2.33. The van der Waals surface area contributed by atoms with Crippen LogP contribution in [-0.4, -0.2) is 35.6 Å². The van der Waals surface area contributed by atoms with E-state index < -0.39 is 0 Å². The Morgan fingerprint density at radius 2 is 2.12 bits per heavy atom. The third-order valence-electron chi connectivity index (χ3n) is 3.02. The van der Waals surface area contributed by atoms with Gasteiger partial charge in [-0.25, -0.2) is 0 Å². The van der Waals surface area contributed by atoms with Crippen molar-refractivity contribution in [3.8, 4) is 0 Å². The second-order valence-electron chi connectivity index (χ2n) is 5.02. The first-order valence-corrected chi connectivity index (χ1v) is 6.42. The topological polar surface area (TPSA) is 28.2 Å². The molecule has 1 rings (SSSR count). The maximum absolute atomic E-state index is 4.14. The minimum absolute atomic E-state index is 0.575. The van der Waals surface area contributed by atoms with Gasteiger partial charge >= 0.3 is 0 Å². The van der Waals surface area contributed by atoms with Gasteiger partial charge in [0.1, 0.15) is 0 Å². The van der Waals surface area contributed by atoms with Crippen molar-refractivity contribution >= 4 is 0 Å². The molecule has 0 aliphatic rings. The van der Waals surface area contributed by atoms with Crippen molar-refractivity contribution in [2.45, 2.75) is 45.8 Å². The molecule has 96 valence electrons. The van der Waals surface area contributed by atoms with Crippen LogP contribution in [0.5, 0.6) is 0 Å². The monoisotopic (exact) mass is 235 g/mol. The number of nitrogens with one attached hydrogen (secondary N) is 1.